The maximum atomic E-state index is 13.9. The van der Waals surface area contributed by atoms with Crippen LogP contribution in [0, 0.1) is 5.92 Å². The number of nitrogens with one attached hydrogen (secondary N) is 2. The molecule has 1 aliphatic heterocycles. The van der Waals surface area contributed by atoms with Crippen molar-refractivity contribution < 1.29 is 23.5 Å². The molecule has 1 fully saturated rings. The Morgan fingerprint density at radius 3 is 2.45 bits per heavy atom. The second-order valence-electron chi connectivity index (χ2n) is 11.8. The largest absolute Gasteiger partial charge is 0.456 e. The van der Waals surface area contributed by atoms with Gasteiger partial charge in [-0.3, -0.25) is 14.6 Å². The molecular formula is C31H40N4O5. The van der Waals surface area contributed by atoms with Crippen LogP contribution in [-0.4, -0.2) is 58.1 Å². The predicted molar refractivity (Wildman–Crippen MR) is 153 cm³/mol. The van der Waals surface area contributed by atoms with Crippen LogP contribution in [0.5, 0.6) is 0 Å². The summed E-state index contributed by atoms with van der Waals surface area (Å²) in [4.78, 5) is 45.1. The van der Waals surface area contributed by atoms with Crippen molar-refractivity contribution in [3.05, 3.63) is 54.4 Å². The van der Waals surface area contributed by atoms with E-state index in [1.165, 1.54) is 0 Å². The number of carbonyl (C=O) groups excluding carboxylic acids is 3. The molecule has 3 atom stereocenters. The van der Waals surface area contributed by atoms with Crippen molar-refractivity contribution >= 4 is 28.9 Å². The van der Waals surface area contributed by atoms with Crippen LogP contribution in [0.1, 0.15) is 59.9 Å². The van der Waals surface area contributed by atoms with E-state index in [0.29, 0.717) is 13.0 Å². The molecule has 9 nitrogen and oxygen atoms in total. The zero-order valence-corrected chi connectivity index (χ0v) is 24.2. The number of furan rings is 1. The molecule has 0 aliphatic carbocycles. The number of likely N-dealkylation sites (tertiary alicyclic amines) is 1. The summed E-state index contributed by atoms with van der Waals surface area (Å²) in [5.41, 5.74) is 2.13. The number of aromatic nitrogens is 1. The number of amides is 3. The van der Waals surface area contributed by atoms with E-state index in [0.717, 1.165) is 40.7 Å². The smallest absolute Gasteiger partial charge is 0.408 e. The van der Waals surface area contributed by atoms with Crippen LogP contribution < -0.4 is 10.6 Å². The Labute approximate surface area is 235 Å². The lowest BCUT2D eigenvalue weighted by Crippen LogP contribution is -2.56. The van der Waals surface area contributed by atoms with E-state index in [1.54, 1.807) is 40.1 Å². The third kappa shape index (κ3) is 6.81. The van der Waals surface area contributed by atoms with Crippen molar-refractivity contribution in [3.8, 4) is 11.3 Å². The van der Waals surface area contributed by atoms with Crippen LogP contribution in [0.25, 0.3) is 22.3 Å². The van der Waals surface area contributed by atoms with Crippen LogP contribution in [0.15, 0.2) is 53.2 Å². The Bertz CT molecular complexity index is 1340. The number of fused-ring (bicyclic) bond motifs is 1. The highest BCUT2D eigenvalue weighted by molar-refractivity contribution is 5.92. The lowest BCUT2D eigenvalue weighted by atomic mass is 9.97. The molecule has 4 rings (SSSR count). The summed E-state index contributed by atoms with van der Waals surface area (Å²) in [5, 5.41) is 6.47. The first kappa shape index (κ1) is 29.1. The fourth-order valence-electron chi connectivity index (χ4n) is 5.13. The van der Waals surface area contributed by atoms with Gasteiger partial charge in [0.25, 0.3) is 0 Å². The molecule has 1 saturated heterocycles. The van der Waals surface area contributed by atoms with Crippen LogP contribution in [-0.2, 0) is 20.7 Å². The molecule has 3 amide bonds. The van der Waals surface area contributed by atoms with Gasteiger partial charge in [-0.2, -0.15) is 0 Å². The molecule has 0 radical (unpaired) electrons. The third-order valence-electron chi connectivity index (χ3n) is 7.10. The minimum absolute atomic E-state index is 0.0374. The molecule has 9 heteroatoms. The monoisotopic (exact) mass is 548 g/mol. The molecule has 214 valence electrons. The number of alkyl carbamates (subject to hydrolysis) is 1. The Morgan fingerprint density at radius 1 is 1.07 bits per heavy atom. The van der Waals surface area contributed by atoms with Crippen LogP contribution in [0.4, 0.5) is 4.79 Å². The molecule has 0 unspecified atom stereocenters. The van der Waals surface area contributed by atoms with Crippen molar-refractivity contribution in [1.82, 2.24) is 20.5 Å². The van der Waals surface area contributed by atoms with Gasteiger partial charge in [0, 0.05) is 41.5 Å². The highest BCUT2D eigenvalue weighted by Crippen LogP contribution is 2.36. The highest BCUT2D eigenvalue weighted by Gasteiger charge is 2.37. The number of benzene rings is 1. The summed E-state index contributed by atoms with van der Waals surface area (Å²) < 4.78 is 11.5. The fraction of sp³-hybridized carbons (Fsp3) is 0.484. The zero-order valence-electron chi connectivity index (χ0n) is 24.2. The van der Waals surface area contributed by atoms with Gasteiger partial charge < -0.3 is 24.7 Å². The maximum Gasteiger partial charge on any atom is 0.408 e. The Hall–Kier alpha value is -3.88. The second kappa shape index (κ2) is 12.1. The van der Waals surface area contributed by atoms with Gasteiger partial charge in [-0.1, -0.05) is 32.0 Å². The fourth-order valence-corrected chi connectivity index (χ4v) is 5.13. The average Bonchev–Trinajstić information content (AvgIpc) is 3.51. The topological polar surface area (TPSA) is 114 Å². The van der Waals surface area contributed by atoms with Gasteiger partial charge in [0.1, 0.15) is 29.0 Å². The zero-order chi connectivity index (χ0) is 29.0. The average molecular weight is 549 g/mol. The molecule has 0 saturated carbocycles. The van der Waals surface area contributed by atoms with Crippen LogP contribution >= 0.6 is 0 Å². The number of ether oxygens (including phenoxy) is 1. The van der Waals surface area contributed by atoms with Crippen LogP contribution in [0.2, 0.25) is 0 Å². The number of para-hydroxylation sites is 1. The number of hydrogen-bond acceptors (Lipinski definition) is 6. The van der Waals surface area contributed by atoms with Crippen molar-refractivity contribution in [1.29, 1.82) is 0 Å². The van der Waals surface area contributed by atoms with Gasteiger partial charge in [-0.25, -0.2) is 4.79 Å². The molecule has 1 aromatic carbocycles. The standard InChI is InChI=1S/C31H40N4O5/c1-19(2)26(34-28(36)20(3)33-30(38)40-31(4,5)6)29(37)35-17-9-10-22(35)18-24-23-11-7-8-12-25(23)39-27(24)21-13-15-32-16-14-21/h7-8,11-16,19-20,22,26H,9-10,17-18H2,1-6H3,(H,33,38)(H,34,36)/t20-,22-,26-/m0/s1. The first-order chi connectivity index (χ1) is 18.9. The first-order valence-corrected chi connectivity index (χ1v) is 14.0. The Kier molecular flexibility index (Phi) is 8.81. The molecule has 3 aromatic rings. The molecule has 40 heavy (non-hydrogen) atoms. The van der Waals surface area contributed by atoms with Gasteiger partial charge in [-0.05, 0) is 71.1 Å². The molecule has 1 aliphatic rings. The molecule has 2 aromatic heterocycles. The Morgan fingerprint density at radius 2 is 1.77 bits per heavy atom. The van der Waals surface area contributed by atoms with E-state index >= 15 is 0 Å². The van der Waals surface area contributed by atoms with E-state index in [-0.39, 0.29) is 17.9 Å². The Balaban J connectivity index is 1.51. The number of nitrogens with zero attached hydrogens (tertiary/aromatic N) is 2. The number of carbonyl (C=O) groups is 3. The first-order valence-electron chi connectivity index (χ1n) is 14.0. The van der Waals surface area contributed by atoms with Gasteiger partial charge in [0.15, 0.2) is 0 Å². The van der Waals surface area contributed by atoms with E-state index in [4.69, 9.17) is 9.15 Å². The minimum Gasteiger partial charge on any atom is -0.456 e. The van der Waals surface area contributed by atoms with Crippen molar-refractivity contribution in [2.24, 2.45) is 5.92 Å². The van der Waals surface area contributed by atoms with E-state index < -0.39 is 29.7 Å². The predicted octanol–water partition coefficient (Wildman–Crippen LogP) is 5.08. The van der Waals surface area contributed by atoms with Crippen molar-refractivity contribution in [2.45, 2.75) is 84.5 Å². The maximum absolute atomic E-state index is 13.9. The van der Waals surface area contributed by atoms with Crippen molar-refractivity contribution in [2.75, 3.05) is 6.54 Å². The van der Waals surface area contributed by atoms with Gasteiger partial charge in [-0.15, -0.1) is 0 Å². The summed E-state index contributed by atoms with van der Waals surface area (Å²) in [5.74, 6) is 0.0928. The quantitative estimate of drug-likeness (QED) is 0.406. The summed E-state index contributed by atoms with van der Waals surface area (Å²) in [7, 11) is 0. The second-order valence-corrected chi connectivity index (χ2v) is 11.8. The van der Waals surface area contributed by atoms with Gasteiger partial charge in [0.2, 0.25) is 11.8 Å². The van der Waals surface area contributed by atoms with Crippen molar-refractivity contribution in [3.63, 3.8) is 0 Å². The van der Waals surface area contributed by atoms with Crippen LogP contribution in [0.3, 0.4) is 0 Å². The van der Waals surface area contributed by atoms with Gasteiger partial charge in [0.05, 0.1) is 0 Å². The minimum atomic E-state index is -0.863. The number of hydrogen-bond donors (Lipinski definition) is 2. The summed E-state index contributed by atoms with van der Waals surface area (Å²) in [6, 6.07) is 10.2. The molecule has 2 N–H and O–H groups in total. The molecule has 0 bridgehead atoms. The van der Waals surface area contributed by atoms with Gasteiger partial charge >= 0.3 is 6.09 Å². The molecular weight excluding hydrogens is 508 g/mol. The van der Waals surface area contributed by atoms with E-state index in [2.05, 4.69) is 21.7 Å². The third-order valence-corrected chi connectivity index (χ3v) is 7.10. The molecule has 3 heterocycles. The SMILES string of the molecule is CC(C)[C@H](NC(=O)[C@H](C)NC(=O)OC(C)(C)C)C(=O)N1CCC[C@H]1Cc1c(-c2ccncc2)oc2ccccc12. The molecule has 0 spiro atoms. The van der Waals surface area contributed by atoms with E-state index in [1.807, 2.05) is 49.1 Å². The highest BCUT2D eigenvalue weighted by atomic mass is 16.6. The lowest BCUT2D eigenvalue weighted by Gasteiger charge is -2.32. The summed E-state index contributed by atoms with van der Waals surface area (Å²) in [6.45, 7) is 11.3. The van der Waals surface area contributed by atoms with E-state index in [9.17, 15) is 14.4 Å². The lowest BCUT2D eigenvalue weighted by molar-refractivity contribution is -0.138. The number of rotatable bonds is 8. The normalized spacial score (nSPS) is 17.1. The summed E-state index contributed by atoms with van der Waals surface area (Å²) >= 11 is 0. The number of pyridine rings is 1. The summed E-state index contributed by atoms with van der Waals surface area (Å²) in [6.07, 6.45) is 5.18.